The quantitative estimate of drug-likeness (QED) is 0.291. The molecule has 3 unspecified atom stereocenters. The molecule has 0 saturated carbocycles. The van der Waals surface area contributed by atoms with Gasteiger partial charge in [-0.15, -0.1) is 23.5 Å². The Balaban J connectivity index is 1.85. The van der Waals surface area contributed by atoms with Gasteiger partial charge in [-0.1, -0.05) is 13.3 Å². The Morgan fingerprint density at radius 3 is 2.47 bits per heavy atom. The molecule has 0 bridgehead atoms. The Morgan fingerprint density at radius 1 is 1.20 bits per heavy atom. The summed E-state index contributed by atoms with van der Waals surface area (Å²) in [5, 5.41) is 21.3. The van der Waals surface area contributed by atoms with Crippen LogP contribution >= 0.6 is 23.5 Å². The second kappa shape index (κ2) is 11.4. The third-order valence-electron chi connectivity index (χ3n) is 5.25. The van der Waals surface area contributed by atoms with Gasteiger partial charge in [0.25, 0.3) is 5.91 Å². The number of nitrogens with one attached hydrogen (secondary N) is 4. The number of amides is 3. The standard InChI is InChI=1S/C19H32N4O5S2/c1-4-5-13(16(26)18(28)20-9-15(25)22-11(2)12(3)24)23-17(27)14-8-19(10-21-14)29-6-7-30-19/h11,13-14,16,21,26H,4-10H2,1-3H3,(H,20,28)(H,22,25)(H,23,27)/t11-,13?,14?,16?/m0/s1. The Morgan fingerprint density at radius 2 is 1.87 bits per heavy atom. The summed E-state index contributed by atoms with van der Waals surface area (Å²) in [5.74, 6) is 0.474. The fraction of sp³-hybridized carbons (Fsp3) is 0.789. The van der Waals surface area contributed by atoms with Crippen LogP contribution in [-0.2, 0) is 19.2 Å². The number of aliphatic hydroxyl groups is 1. The minimum Gasteiger partial charge on any atom is -0.381 e. The number of carbonyl (C=O) groups excluding carboxylic acids is 4. The topological polar surface area (TPSA) is 137 Å². The number of rotatable bonds is 10. The van der Waals surface area contributed by atoms with Crippen molar-refractivity contribution in [2.45, 2.75) is 68.3 Å². The molecule has 170 valence electrons. The maximum atomic E-state index is 12.7. The average molecular weight is 461 g/mol. The van der Waals surface area contributed by atoms with Gasteiger partial charge in [0.2, 0.25) is 11.8 Å². The fourth-order valence-corrected chi connectivity index (χ4v) is 6.57. The van der Waals surface area contributed by atoms with Gasteiger partial charge in [-0.3, -0.25) is 19.2 Å². The molecule has 0 radical (unpaired) electrons. The molecule has 0 aliphatic carbocycles. The van der Waals surface area contributed by atoms with E-state index in [4.69, 9.17) is 0 Å². The van der Waals surface area contributed by atoms with Crippen LogP contribution in [0.2, 0.25) is 0 Å². The first-order valence-corrected chi connectivity index (χ1v) is 12.2. The Bertz CT molecular complexity index is 657. The van der Waals surface area contributed by atoms with Crippen LogP contribution in [0.5, 0.6) is 0 Å². The molecule has 30 heavy (non-hydrogen) atoms. The molecule has 2 aliphatic rings. The van der Waals surface area contributed by atoms with Gasteiger partial charge in [0, 0.05) is 18.1 Å². The van der Waals surface area contributed by atoms with Gasteiger partial charge in [0.1, 0.15) is 0 Å². The average Bonchev–Trinajstić information content (AvgIpc) is 3.35. The van der Waals surface area contributed by atoms with Crippen LogP contribution in [-0.4, -0.2) is 81.5 Å². The van der Waals surface area contributed by atoms with Crippen LogP contribution in [0.3, 0.4) is 0 Å². The van der Waals surface area contributed by atoms with E-state index in [1.165, 1.54) is 6.92 Å². The van der Waals surface area contributed by atoms with E-state index in [1.54, 1.807) is 6.92 Å². The Kier molecular flexibility index (Phi) is 9.45. The zero-order valence-corrected chi connectivity index (χ0v) is 19.3. The molecular formula is C19H32N4O5S2. The highest BCUT2D eigenvalue weighted by Gasteiger charge is 2.45. The lowest BCUT2D eigenvalue weighted by Crippen LogP contribution is -2.55. The highest BCUT2D eigenvalue weighted by molar-refractivity contribution is 8.21. The van der Waals surface area contributed by atoms with E-state index in [9.17, 15) is 24.3 Å². The molecule has 2 rings (SSSR count). The monoisotopic (exact) mass is 460 g/mol. The molecule has 0 aromatic carbocycles. The number of Topliss-reactive ketones (excluding diaryl/α,β-unsaturated/α-hetero) is 1. The zero-order valence-electron chi connectivity index (χ0n) is 17.7. The summed E-state index contributed by atoms with van der Waals surface area (Å²) in [6, 6.07) is -1.75. The lowest BCUT2D eigenvalue weighted by atomic mass is 10.0. The van der Waals surface area contributed by atoms with Crippen molar-refractivity contribution in [1.29, 1.82) is 0 Å². The number of ketones is 1. The van der Waals surface area contributed by atoms with Gasteiger partial charge in [-0.2, -0.15) is 0 Å². The molecule has 4 atom stereocenters. The minimum absolute atomic E-state index is 0.0443. The van der Waals surface area contributed by atoms with Gasteiger partial charge in [-0.05, 0) is 26.7 Å². The summed E-state index contributed by atoms with van der Waals surface area (Å²) in [6.07, 6.45) is 0.330. The molecule has 0 aromatic heterocycles. The van der Waals surface area contributed by atoms with E-state index in [0.29, 0.717) is 19.3 Å². The first-order valence-electron chi connectivity index (χ1n) is 10.2. The van der Waals surface area contributed by atoms with Crippen molar-refractivity contribution < 1.29 is 24.3 Å². The number of hydrogen-bond donors (Lipinski definition) is 5. The third-order valence-corrected chi connectivity index (χ3v) is 8.71. The number of thioether (sulfide) groups is 2. The van der Waals surface area contributed by atoms with Gasteiger partial charge in [0.15, 0.2) is 11.9 Å². The van der Waals surface area contributed by atoms with Crippen LogP contribution in [0.25, 0.3) is 0 Å². The van der Waals surface area contributed by atoms with E-state index < -0.39 is 30.0 Å². The Hall–Kier alpha value is -1.30. The zero-order chi connectivity index (χ0) is 22.3. The maximum absolute atomic E-state index is 12.7. The van der Waals surface area contributed by atoms with E-state index in [1.807, 2.05) is 30.4 Å². The molecule has 2 aliphatic heterocycles. The normalized spacial score (nSPS) is 22.9. The van der Waals surface area contributed by atoms with Crippen molar-refractivity contribution >= 4 is 47.0 Å². The van der Waals surface area contributed by atoms with Crippen molar-refractivity contribution in [3.63, 3.8) is 0 Å². The van der Waals surface area contributed by atoms with Crippen LogP contribution < -0.4 is 21.3 Å². The van der Waals surface area contributed by atoms with Gasteiger partial charge < -0.3 is 26.4 Å². The van der Waals surface area contributed by atoms with Crippen molar-refractivity contribution in [2.75, 3.05) is 24.6 Å². The highest BCUT2D eigenvalue weighted by Crippen LogP contribution is 2.49. The minimum atomic E-state index is -1.47. The molecule has 1 spiro atoms. The van der Waals surface area contributed by atoms with Crippen molar-refractivity contribution in [3.05, 3.63) is 0 Å². The summed E-state index contributed by atoms with van der Waals surface area (Å²) in [5.41, 5.74) is 0. The smallest absolute Gasteiger partial charge is 0.251 e. The van der Waals surface area contributed by atoms with Crippen LogP contribution in [0.4, 0.5) is 0 Å². The predicted octanol–water partition coefficient (Wildman–Crippen LogP) is -0.620. The summed E-state index contributed by atoms with van der Waals surface area (Å²) >= 11 is 3.75. The van der Waals surface area contributed by atoms with Crippen LogP contribution in [0.15, 0.2) is 0 Å². The molecule has 0 aromatic rings. The van der Waals surface area contributed by atoms with Gasteiger partial charge in [-0.25, -0.2) is 0 Å². The van der Waals surface area contributed by atoms with E-state index in [0.717, 1.165) is 18.1 Å². The molecule has 5 N–H and O–H groups in total. The van der Waals surface area contributed by atoms with E-state index in [2.05, 4.69) is 21.3 Å². The lowest BCUT2D eigenvalue weighted by molar-refractivity contribution is -0.134. The molecule has 2 heterocycles. The van der Waals surface area contributed by atoms with E-state index >= 15 is 0 Å². The number of hydrogen-bond acceptors (Lipinski definition) is 8. The molecule has 9 nitrogen and oxygen atoms in total. The molecule has 2 saturated heterocycles. The van der Waals surface area contributed by atoms with Gasteiger partial charge >= 0.3 is 0 Å². The maximum Gasteiger partial charge on any atom is 0.251 e. The predicted molar refractivity (Wildman–Crippen MR) is 118 cm³/mol. The number of aliphatic hydroxyl groups excluding tert-OH is 1. The first kappa shape index (κ1) is 25.0. The number of carbonyl (C=O) groups is 4. The van der Waals surface area contributed by atoms with Crippen molar-refractivity contribution in [2.24, 2.45) is 0 Å². The lowest BCUT2D eigenvalue weighted by Gasteiger charge is -2.25. The molecule has 11 heteroatoms. The molecular weight excluding hydrogens is 428 g/mol. The summed E-state index contributed by atoms with van der Waals surface area (Å²) in [7, 11) is 0. The molecule has 2 fully saturated rings. The summed E-state index contributed by atoms with van der Waals surface area (Å²) in [4.78, 5) is 48.0. The largest absolute Gasteiger partial charge is 0.381 e. The second-order valence-corrected chi connectivity index (χ2v) is 10.9. The Labute approximate surface area is 185 Å². The second-order valence-electron chi connectivity index (χ2n) is 7.71. The fourth-order valence-electron chi connectivity index (χ4n) is 3.39. The first-order chi connectivity index (χ1) is 14.2. The van der Waals surface area contributed by atoms with Crippen molar-refractivity contribution in [1.82, 2.24) is 21.3 Å². The highest BCUT2D eigenvalue weighted by atomic mass is 32.2. The van der Waals surface area contributed by atoms with Crippen LogP contribution in [0.1, 0.15) is 40.0 Å². The van der Waals surface area contributed by atoms with Crippen LogP contribution in [0, 0.1) is 0 Å². The summed E-state index contributed by atoms with van der Waals surface area (Å²) < 4.78 is 0.0443. The third kappa shape index (κ3) is 6.86. The summed E-state index contributed by atoms with van der Waals surface area (Å²) in [6.45, 7) is 5.20. The van der Waals surface area contributed by atoms with Crippen molar-refractivity contribution in [3.8, 4) is 0 Å². The van der Waals surface area contributed by atoms with E-state index in [-0.39, 0.29) is 28.4 Å². The van der Waals surface area contributed by atoms with Gasteiger partial charge in [0.05, 0.1) is 28.7 Å². The molecule has 3 amide bonds. The SMILES string of the molecule is CCCC(NC(=O)C1CC2(CN1)SCCS2)C(O)C(=O)NCC(=O)N[C@@H](C)C(C)=O.